The van der Waals surface area contributed by atoms with Gasteiger partial charge in [0.2, 0.25) is 5.91 Å². The number of aromatic nitrogens is 1. The highest BCUT2D eigenvalue weighted by Crippen LogP contribution is 2.37. The molecule has 0 aliphatic carbocycles. The second-order valence-electron chi connectivity index (χ2n) is 7.38. The molecule has 0 radical (unpaired) electrons. The van der Waals surface area contributed by atoms with Crippen LogP contribution in [0.25, 0.3) is 21.8 Å². The van der Waals surface area contributed by atoms with Crippen LogP contribution in [0.4, 0.5) is 0 Å². The van der Waals surface area contributed by atoms with E-state index in [1.807, 2.05) is 72.8 Å². The van der Waals surface area contributed by atoms with Gasteiger partial charge < -0.3 is 20.1 Å². The second-order valence-corrected chi connectivity index (χ2v) is 7.38. The van der Waals surface area contributed by atoms with Gasteiger partial charge in [0, 0.05) is 17.5 Å². The molecule has 1 aromatic heterocycles. The molecule has 5 heteroatoms. The van der Waals surface area contributed by atoms with Gasteiger partial charge in [0.05, 0.1) is 16.4 Å². The van der Waals surface area contributed by atoms with E-state index in [1.165, 1.54) is 0 Å². The molecule has 0 saturated heterocycles. The number of para-hydroxylation sites is 1. The summed E-state index contributed by atoms with van der Waals surface area (Å²) in [6.07, 6.45) is 0. The van der Waals surface area contributed by atoms with Crippen molar-refractivity contribution in [2.24, 2.45) is 5.73 Å². The van der Waals surface area contributed by atoms with Crippen molar-refractivity contribution in [3.05, 3.63) is 102 Å². The van der Waals surface area contributed by atoms with Crippen LogP contribution in [-0.2, 0) is 6.54 Å². The SMILES string of the molecule is NC(=O)c1cccc2c1c1c(O)cccc1n2Cc1cccc(Oc2ccccc2)c1. The molecule has 1 heterocycles. The second kappa shape index (κ2) is 7.54. The van der Waals surface area contributed by atoms with Crippen LogP contribution >= 0.6 is 0 Å². The fourth-order valence-electron chi connectivity index (χ4n) is 4.06. The molecule has 0 saturated carbocycles. The lowest BCUT2D eigenvalue weighted by Gasteiger charge is -2.11. The number of aromatic hydroxyl groups is 1. The first-order valence-electron chi connectivity index (χ1n) is 9.96. The first-order chi connectivity index (χ1) is 15.1. The number of primary amides is 1. The third kappa shape index (κ3) is 3.36. The highest BCUT2D eigenvalue weighted by atomic mass is 16.5. The summed E-state index contributed by atoms with van der Waals surface area (Å²) in [4.78, 5) is 12.1. The number of ether oxygens (including phenoxy) is 1. The first-order valence-corrected chi connectivity index (χ1v) is 9.96. The number of rotatable bonds is 5. The van der Waals surface area contributed by atoms with Crippen LogP contribution in [0, 0.1) is 0 Å². The Morgan fingerprint density at radius 3 is 2.26 bits per heavy atom. The monoisotopic (exact) mass is 408 g/mol. The minimum absolute atomic E-state index is 0.121. The van der Waals surface area contributed by atoms with Gasteiger partial charge in [-0.05, 0) is 54.1 Å². The lowest BCUT2D eigenvalue weighted by molar-refractivity contribution is 0.100. The van der Waals surface area contributed by atoms with E-state index in [-0.39, 0.29) is 5.75 Å². The Hall–Kier alpha value is -4.25. The molecule has 0 aliphatic heterocycles. The maximum Gasteiger partial charge on any atom is 0.249 e. The molecule has 0 atom stereocenters. The fraction of sp³-hybridized carbons (Fsp3) is 0.0385. The van der Waals surface area contributed by atoms with Crippen molar-refractivity contribution in [3.63, 3.8) is 0 Å². The molecule has 1 amide bonds. The minimum atomic E-state index is -0.522. The van der Waals surface area contributed by atoms with Gasteiger partial charge in [-0.1, -0.05) is 42.5 Å². The summed E-state index contributed by atoms with van der Waals surface area (Å²) in [5.41, 5.74) is 8.72. The van der Waals surface area contributed by atoms with Crippen molar-refractivity contribution in [3.8, 4) is 17.2 Å². The van der Waals surface area contributed by atoms with Crippen molar-refractivity contribution in [1.82, 2.24) is 4.57 Å². The first kappa shape index (κ1) is 18.8. The van der Waals surface area contributed by atoms with E-state index in [1.54, 1.807) is 18.2 Å². The Kier molecular flexibility index (Phi) is 4.56. The van der Waals surface area contributed by atoms with Crippen molar-refractivity contribution < 1.29 is 14.6 Å². The zero-order chi connectivity index (χ0) is 21.4. The molecule has 0 spiro atoms. The van der Waals surface area contributed by atoms with Gasteiger partial charge in [-0.25, -0.2) is 0 Å². The van der Waals surface area contributed by atoms with E-state index >= 15 is 0 Å². The number of carbonyl (C=O) groups excluding carboxylic acids is 1. The van der Waals surface area contributed by atoms with Crippen LogP contribution in [-0.4, -0.2) is 15.6 Å². The highest BCUT2D eigenvalue weighted by molar-refractivity contribution is 6.19. The number of fused-ring (bicyclic) bond motifs is 3. The zero-order valence-electron chi connectivity index (χ0n) is 16.7. The standard InChI is InChI=1S/C26H20N2O3/c27-26(30)20-11-5-12-21-24(20)25-22(13-6-14-23(25)29)28(21)16-17-7-4-10-19(15-17)31-18-8-2-1-3-9-18/h1-15,29H,16H2,(H2,27,30). The summed E-state index contributed by atoms with van der Waals surface area (Å²) < 4.78 is 8.05. The Balaban J connectivity index is 1.63. The number of phenolic OH excluding ortho intramolecular Hbond substituents is 1. The zero-order valence-corrected chi connectivity index (χ0v) is 16.7. The number of nitrogens with zero attached hydrogens (tertiary/aromatic N) is 1. The number of amides is 1. The van der Waals surface area contributed by atoms with Gasteiger partial charge in [0.15, 0.2) is 0 Å². The van der Waals surface area contributed by atoms with Crippen LogP contribution in [0.1, 0.15) is 15.9 Å². The van der Waals surface area contributed by atoms with Crippen molar-refractivity contribution in [2.75, 3.05) is 0 Å². The number of nitrogens with two attached hydrogens (primary N) is 1. The van der Waals surface area contributed by atoms with Gasteiger partial charge in [-0.2, -0.15) is 0 Å². The summed E-state index contributed by atoms with van der Waals surface area (Å²) in [7, 11) is 0. The van der Waals surface area contributed by atoms with Crippen LogP contribution in [0.5, 0.6) is 17.2 Å². The molecule has 152 valence electrons. The molecule has 0 bridgehead atoms. The Bertz CT molecular complexity index is 1420. The Morgan fingerprint density at radius 1 is 0.806 bits per heavy atom. The Morgan fingerprint density at radius 2 is 1.48 bits per heavy atom. The molecular formula is C26H20N2O3. The third-order valence-corrected chi connectivity index (χ3v) is 5.38. The molecular weight excluding hydrogens is 388 g/mol. The summed E-state index contributed by atoms with van der Waals surface area (Å²) >= 11 is 0. The van der Waals surface area contributed by atoms with Gasteiger partial charge in [-0.3, -0.25) is 4.79 Å². The van der Waals surface area contributed by atoms with Gasteiger partial charge in [-0.15, -0.1) is 0 Å². The van der Waals surface area contributed by atoms with Crippen molar-refractivity contribution in [2.45, 2.75) is 6.54 Å². The van der Waals surface area contributed by atoms with Gasteiger partial charge >= 0.3 is 0 Å². The smallest absolute Gasteiger partial charge is 0.249 e. The lowest BCUT2D eigenvalue weighted by atomic mass is 10.1. The average Bonchev–Trinajstić information content (AvgIpc) is 3.09. The molecule has 5 nitrogen and oxygen atoms in total. The summed E-state index contributed by atoms with van der Waals surface area (Å²) in [5.74, 6) is 1.11. The molecule has 5 rings (SSSR count). The van der Waals surface area contributed by atoms with Crippen molar-refractivity contribution >= 4 is 27.7 Å². The largest absolute Gasteiger partial charge is 0.507 e. The predicted octanol–water partition coefficient (Wildman–Crippen LogP) is 5.44. The molecule has 3 N–H and O–H groups in total. The number of hydrogen-bond acceptors (Lipinski definition) is 3. The fourth-order valence-corrected chi connectivity index (χ4v) is 4.06. The average molecular weight is 408 g/mol. The van der Waals surface area contributed by atoms with E-state index in [9.17, 15) is 9.90 Å². The molecule has 0 fully saturated rings. The van der Waals surface area contributed by atoms with E-state index in [2.05, 4.69) is 4.57 Å². The Labute approximate surface area is 178 Å². The molecule has 5 aromatic rings. The summed E-state index contributed by atoms with van der Waals surface area (Å²) in [5, 5.41) is 11.9. The lowest BCUT2D eigenvalue weighted by Crippen LogP contribution is -2.11. The topological polar surface area (TPSA) is 77.5 Å². The molecule has 4 aromatic carbocycles. The maximum absolute atomic E-state index is 12.1. The number of benzene rings is 4. The van der Waals surface area contributed by atoms with Crippen LogP contribution in [0.15, 0.2) is 91.0 Å². The van der Waals surface area contributed by atoms with Gasteiger partial charge in [0.25, 0.3) is 0 Å². The quantitative estimate of drug-likeness (QED) is 0.406. The molecule has 31 heavy (non-hydrogen) atoms. The van der Waals surface area contributed by atoms with E-state index in [4.69, 9.17) is 10.5 Å². The third-order valence-electron chi connectivity index (χ3n) is 5.38. The number of phenols is 1. The molecule has 0 unspecified atom stereocenters. The predicted molar refractivity (Wildman–Crippen MR) is 122 cm³/mol. The normalized spacial score (nSPS) is 11.1. The van der Waals surface area contributed by atoms with E-state index < -0.39 is 5.91 Å². The number of hydrogen-bond donors (Lipinski definition) is 2. The van der Waals surface area contributed by atoms with Crippen LogP contribution < -0.4 is 10.5 Å². The van der Waals surface area contributed by atoms with E-state index in [0.717, 1.165) is 28.1 Å². The highest BCUT2D eigenvalue weighted by Gasteiger charge is 2.18. The maximum atomic E-state index is 12.1. The van der Waals surface area contributed by atoms with Gasteiger partial charge in [0.1, 0.15) is 17.2 Å². The summed E-state index contributed by atoms with van der Waals surface area (Å²) in [6.45, 7) is 0.539. The van der Waals surface area contributed by atoms with E-state index in [0.29, 0.717) is 22.9 Å². The van der Waals surface area contributed by atoms with Crippen molar-refractivity contribution in [1.29, 1.82) is 0 Å². The number of carbonyl (C=O) groups is 1. The molecule has 0 aliphatic rings. The van der Waals surface area contributed by atoms with Crippen LogP contribution in [0.2, 0.25) is 0 Å². The van der Waals surface area contributed by atoms with Crippen LogP contribution in [0.3, 0.4) is 0 Å². The summed E-state index contributed by atoms with van der Waals surface area (Å²) in [6, 6.07) is 28.3. The minimum Gasteiger partial charge on any atom is -0.507 e.